The van der Waals surface area contributed by atoms with E-state index in [-0.39, 0.29) is 12.0 Å². The second kappa shape index (κ2) is 8.14. The monoisotopic (exact) mass is 330 g/mol. The number of halogens is 1. The molecule has 3 N–H and O–H groups in total. The van der Waals surface area contributed by atoms with Crippen LogP contribution >= 0.6 is 15.9 Å². The Kier molecular flexibility index (Phi) is 6.83. The third-order valence-corrected chi connectivity index (χ3v) is 3.14. The van der Waals surface area contributed by atoms with Gasteiger partial charge in [-0.25, -0.2) is 0 Å². The predicted octanol–water partition coefficient (Wildman–Crippen LogP) is 1.16. The fourth-order valence-electron chi connectivity index (χ4n) is 1.48. The Labute approximate surface area is 121 Å². The molecule has 0 aliphatic carbocycles. The van der Waals surface area contributed by atoms with Crippen LogP contribution in [-0.2, 0) is 0 Å². The number of ether oxygens (including phenoxy) is 1. The van der Waals surface area contributed by atoms with Gasteiger partial charge in [0.15, 0.2) is 0 Å². The first-order valence-electron chi connectivity index (χ1n) is 6.05. The SMILES string of the molecule is COc1ccc(Br)c(C(=O)NCCNCC(C)O)c1. The minimum atomic E-state index is -0.386. The maximum Gasteiger partial charge on any atom is 0.252 e. The van der Waals surface area contributed by atoms with Crippen molar-refractivity contribution < 1.29 is 14.6 Å². The average molecular weight is 331 g/mol. The van der Waals surface area contributed by atoms with E-state index in [1.54, 1.807) is 32.2 Å². The molecular weight excluding hydrogens is 312 g/mol. The van der Waals surface area contributed by atoms with Gasteiger partial charge in [0.2, 0.25) is 0 Å². The lowest BCUT2D eigenvalue weighted by Crippen LogP contribution is -2.34. The Hall–Kier alpha value is -1.11. The molecule has 1 aromatic carbocycles. The summed E-state index contributed by atoms with van der Waals surface area (Å²) in [7, 11) is 1.56. The number of hydrogen-bond acceptors (Lipinski definition) is 4. The van der Waals surface area contributed by atoms with Gasteiger partial charge >= 0.3 is 0 Å². The van der Waals surface area contributed by atoms with Crippen molar-refractivity contribution >= 4 is 21.8 Å². The topological polar surface area (TPSA) is 70.6 Å². The Balaban J connectivity index is 2.45. The van der Waals surface area contributed by atoms with Gasteiger partial charge < -0.3 is 20.5 Å². The first-order valence-corrected chi connectivity index (χ1v) is 6.84. The number of rotatable bonds is 7. The van der Waals surface area contributed by atoms with Crippen molar-refractivity contribution in [3.05, 3.63) is 28.2 Å². The molecule has 0 aromatic heterocycles. The molecule has 0 spiro atoms. The van der Waals surface area contributed by atoms with E-state index in [1.165, 1.54) is 0 Å². The Morgan fingerprint density at radius 3 is 2.84 bits per heavy atom. The van der Waals surface area contributed by atoms with E-state index >= 15 is 0 Å². The van der Waals surface area contributed by atoms with Crippen LogP contribution in [-0.4, -0.2) is 43.9 Å². The van der Waals surface area contributed by atoms with Crippen molar-refractivity contribution in [2.45, 2.75) is 13.0 Å². The summed E-state index contributed by atoms with van der Waals surface area (Å²) < 4.78 is 5.81. The maximum absolute atomic E-state index is 12.0. The number of methoxy groups -OCH3 is 1. The van der Waals surface area contributed by atoms with Crippen molar-refractivity contribution in [1.82, 2.24) is 10.6 Å². The van der Waals surface area contributed by atoms with Gasteiger partial charge in [-0.1, -0.05) is 0 Å². The lowest BCUT2D eigenvalue weighted by Gasteiger charge is -2.10. The third kappa shape index (κ3) is 5.59. The van der Waals surface area contributed by atoms with E-state index in [4.69, 9.17) is 9.84 Å². The molecule has 6 heteroatoms. The molecule has 1 atom stereocenters. The van der Waals surface area contributed by atoms with Gasteiger partial charge in [0.05, 0.1) is 18.8 Å². The number of nitrogens with one attached hydrogen (secondary N) is 2. The summed E-state index contributed by atoms with van der Waals surface area (Å²) in [6.45, 7) is 3.32. The molecule has 1 amide bonds. The van der Waals surface area contributed by atoms with Crippen molar-refractivity contribution in [3.63, 3.8) is 0 Å². The predicted molar refractivity (Wildman–Crippen MR) is 77.6 cm³/mol. The molecule has 0 saturated carbocycles. The first kappa shape index (κ1) is 15.9. The number of aliphatic hydroxyl groups excluding tert-OH is 1. The van der Waals surface area contributed by atoms with Gasteiger partial charge in [-0.2, -0.15) is 0 Å². The number of amides is 1. The number of carbonyl (C=O) groups excluding carboxylic acids is 1. The van der Waals surface area contributed by atoms with Crippen LogP contribution in [0.1, 0.15) is 17.3 Å². The quantitative estimate of drug-likeness (QED) is 0.656. The number of aliphatic hydroxyl groups is 1. The number of hydrogen-bond donors (Lipinski definition) is 3. The standard InChI is InChI=1S/C13H19BrN2O3/c1-9(17)8-15-5-6-16-13(18)11-7-10(19-2)3-4-12(11)14/h3-4,7,9,15,17H,5-6,8H2,1-2H3,(H,16,18). The molecular formula is C13H19BrN2O3. The molecule has 0 aliphatic heterocycles. The van der Waals surface area contributed by atoms with Crippen LogP contribution in [0.5, 0.6) is 5.75 Å². The van der Waals surface area contributed by atoms with Crippen LogP contribution in [0.25, 0.3) is 0 Å². The van der Waals surface area contributed by atoms with E-state index in [2.05, 4.69) is 26.6 Å². The highest BCUT2D eigenvalue weighted by Gasteiger charge is 2.10. The second-order valence-corrected chi connectivity index (χ2v) is 5.01. The molecule has 0 radical (unpaired) electrons. The minimum absolute atomic E-state index is 0.162. The van der Waals surface area contributed by atoms with E-state index in [9.17, 15) is 4.79 Å². The zero-order valence-corrected chi connectivity index (χ0v) is 12.7. The zero-order valence-electron chi connectivity index (χ0n) is 11.1. The summed E-state index contributed by atoms with van der Waals surface area (Å²) in [5.41, 5.74) is 0.537. The van der Waals surface area contributed by atoms with Gasteiger partial charge in [-0.05, 0) is 41.1 Å². The summed E-state index contributed by atoms with van der Waals surface area (Å²) in [5, 5.41) is 14.9. The molecule has 0 bridgehead atoms. The minimum Gasteiger partial charge on any atom is -0.497 e. The van der Waals surface area contributed by atoms with Gasteiger partial charge in [0.1, 0.15) is 5.75 Å². The van der Waals surface area contributed by atoms with Crippen molar-refractivity contribution in [1.29, 1.82) is 0 Å². The van der Waals surface area contributed by atoms with Crippen LogP contribution in [0.15, 0.2) is 22.7 Å². The lowest BCUT2D eigenvalue weighted by atomic mass is 10.2. The molecule has 1 unspecified atom stereocenters. The van der Waals surface area contributed by atoms with Gasteiger partial charge in [0, 0.05) is 24.1 Å². The van der Waals surface area contributed by atoms with Crippen LogP contribution in [0.2, 0.25) is 0 Å². The Morgan fingerprint density at radius 2 is 2.21 bits per heavy atom. The summed E-state index contributed by atoms with van der Waals surface area (Å²) >= 11 is 3.34. The van der Waals surface area contributed by atoms with E-state index in [1.807, 2.05) is 0 Å². The third-order valence-electron chi connectivity index (χ3n) is 2.45. The summed E-state index contributed by atoms with van der Waals surface area (Å²) in [4.78, 5) is 12.0. The molecule has 0 aliphatic rings. The van der Waals surface area contributed by atoms with Crippen LogP contribution in [0.3, 0.4) is 0 Å². The zero-order chi connectivity index (χ0) is 14.3. The Bertz CT molecular complexity index is 424. The molecule has 0 saturated heterocycles. The highest BCUT2D eigenvalue weighted by molar-refractivity contribution is 9.10. The van der Waals surface area contributed by atoms with Gasteiger partial charge in [-0.15, -0.1) is 0 Å². The van der Waals surface area contributed by atoms with Gasteiger partial charge in [-0.3, -0.25) is 4.79 Å². The maximum atomic E-state index is 12.0. The summed E-state index contributed by atoms with van der Waals surface area (Å²) in [6, 6.07) is 5.24. The fraction of sp³-hybridized carbons (Fsp3) is 0.462. The largest absolute Gasteiger partial charge is 0.497 e. The smallest absolute Gasteiger partial charge is 0.252 e. The molecule has 1 aromatic rings. The van der Waals surface area contributed by atoms with Crippen molar-refractivity contribution in [3.8, 4) is 5.75 Å². The van der Waals surface area contributed by atoms with Crippen LogP contribution in [0.4, 0.5) is 0 Å². The number of carbonyl (C=O) groups is 1. The first-order chi connectivity index (χ1) is 9.04. The normalized spacial score (nSPS) is 12.0. The van der Waals surface area contributed by atoms with Crippen LogP contribution < -0.4 is 15.4 Å². The molecule has 19 heavy (non-hydrogen) atoms. The molecule has 5 nitrogen and oxygen atoms in total. The second-order valence-electron chi connectivity index (χ2n) is 4.15. The van der Waals surface area contributed by atoms with Crippen molar-refractivity contribution in [2.75, 3.05) is 26.7 Å². The van der Waals surface area contributed by atoms with Gasteiger partial charge in [0.25, 0.3) is 5.91 Å². The summed E-state index contributed by atoms with van der Waals surface area (Å²) in [6.07, 6.45) is -0.386. The van der Waals surface area contributed by atoms with Crippen molar-refractivity contribution in [2.24, 2.45) is 0 Å². The highest BCUT2D eigenvalue weighted by Crippen LogP contribution is 2.22. The van der Waals surface area contributed by atoms with E-state index < -0.39 is 0 Å². The number of benzene rings is 1. The fourth-order valence-corrected chi connectivity index (χ4v) is 1.90. The highest BCUT2D eigenvalue weighted by atomic mass is 79.9. The Morgan fingerprint density at radius 1 is 1.47 bits per heavy atom. The molecule has 0 fully saturated rings. The lowest BCUT2D eigenvalue weighted by molar-refractivity contribution is 0.0952. The average Bonchev–Trinajstić information content (AvgIpc) is 2.38. The molecule has 0 heterocycles. The molecule has 106 valence electrons. The van der Waals surface area contributed by atoms with E-state index in [0.29, 0.717) is 30.9 Å². The van der Waals surface area contributed by atoms with Crippen LogP contribution in [0, 0.1) is 0 Å². The molecule has 1 rings (SSSR count). The summed E-state index contributed by atoms with van der Waals surface area (Å²) in [5.74, 6) is 0.477. The van der Waals surface area contributed by atoms with E-state index in [0.717, 1.165) is 4.47 Å².